The molecule has 406 valence electrons. The number of hydrogen-bond donors (Lipinski definition) is 5. The maximum Gasteiger partial charge on any atom is 0.249 e. The molecule has 0 aliphatic carbocycles. The molecule has 68 heavy (non-hydrogen) atoms. The molecule has 0 heterocycles. The Balaban J connectivity index is 3.57. The Bertz CT molecular complexity index is 990. The molecule has 0 saturated carbocycles. The summed E-state index contributed by atoms with van der Waals surface area (Å²) in [4.78, 5) is 12.6. The lowest BCUT2D eigenvalue weighted by Crippen LogP contribution is -2.53. The second-order valence-corrected chi connectivity index (χ2v) is 21.8. The van der Waals surface area contributed by atoms with E-state index >= 15 is 0 Å². The van der Waals surface area contributed by atoms with E-state index in [0.29, 0.717) is 12.8 Å². The van der Waals surface area contributed by atoms with E-state index in [1.54, 1.807) is 0 Å². The number of allylic oxidation sites excluding steroid dienone is 2. The van der Waals surface area contributed by atoms with E-state index in [0.717, 1.165) is 38.5 Å². The topological polar surface area (TPSA) is 110 Å². The van der Waals surface area contributed by atoms with E-state index in [1.165, 1.54) is 283 Å². The highest BCUT2D eigenvalue weighted by Gasteiger charge is 2.28. The van der Waals surface area contributed by atoms with Crippen LogP contribution in [0, 0.1) is 0 Å². The highest BCUT2D eigenvalue weighted by molar-refractivity contribution is 5.80. The summed E-state index contributed by atoms with van der Waals surface area (Å²) in [5.41, 5.74) is 0. The number of hydrogen-bond acceptors (Lipinski definition) is 5. The molecule has 6 nitrogen and oxygen atoms in total. The molecule has 0 aromatic rings. The van der Waals surface area contributed by atoms with E-state index < -0.39 is 36.9 Å². The highest BCUT2D eigenvalue weighted by Crippen LogP contribution is 2.19. The SMILES string of the molecule is CCCCCCCCCCCCCC/C=C\CCCCCCCCCCCCCC(O)C(=O)NC(CO)C(O)C(O)CCCCCCCCCCCCCCCCCCCCCCCCCCC. The number of carbonyl (C=O) groups excluding carboxylic acids is 1. The van der Waals surface area contributed by atoms with Gasteiger partial charge in [0.2, 0.25) is 5.91 Å². The Labute approximate surface area is 425 Å². The number of carbonyl (C=O) groups is 1. The molecular formula is C62H123NO5. The summed E-state index contributed by atoms with van der Waals surface area (Å²) in [7, 11) is 0. The van der Waals surface area contributed by atoms with Crippen LogP contribution in [0.15, 0.2) is 12.2 Å². The van der Waals surface area contributed by atoms with E-state index in [4.69, 9.17) is 0 Å². The van der Waals surface area contributed by atoms with Crippen LogP contribution in [0.2, 0.25) is 0 Å². The molecule has 0 fully saturated rings. The number of amides is 1. The fourth-order valence-electron chi connectivity index (χ4n) is 10.1. The van der Waals surface area contributed by atoms with Crippen molar-refractivity contribution >= 4 is 5.91 Å². The Morgan fingerprint density at radius 1 is 0.353 bits per heavy atom. The maximum absolute atomic E-state index is 12.6. The lowest BCUT2D eigenvalue weighted by Gasteiger charge is -2.27. The number of aliphatic hydroxyl groups is 4. The Kier molecular flexibility index (Phi) is 56.2. The summed E-state index contributed by atoms with van der Waals surface area (Å²) in [5, 5.41) is 44.1. The first-order valence-electron chi connectivity index (χ1n) is 31.1. The van der Waals surface area contributed by atoms with Crippen LogP contribution in [0.1, 0.15) is 348 Å². The molecule has 0 bridgehead atoms. The number of rotatable bonds is 58. The first-order chi connectivity index (χ1) is 33.5. The fourth-order valence-corrected chi connectivity index (χ4v) is 10.1. The zero-order valence-electron chi connectivity index (χ0n) is 46.1. The molecule has 0 spiro atoms. The summed E-state index contributed by atoms with van der Waals surface area (Å²) in [6, 6.07) is -0.984. The normalized spacial score (nSPS) is 13.7. The number of unbranched alkanes of at least 4 members (excludes halogenated alkanes) is 47. The molecule has 4 unspecified atom stereocenters. The summed E-state index contributed by atoms with van der Waals surface area (Å²) in [6.45, 7) is 4.11. The average molecular weight is 963 g/mol. The van der Waals surface area contributed by atoms with E-state index in [-0.39, 0.29) is 0 Å². The molecule has 0 aliphatic rings. The van der Waals surface area contributed by atoms with Gasteiger partial charge in [0, 0.05) is 0 Å². The summed E-state index contributed by atoms with van der Waals surface area (Å²) in [6.07, 6.45) is 68.7. The molecule has 6 heteroatoms. The van der Waals surface area contributed by atoms with Gasteiger partial charge in [0.05, 0.1) is 18.8 Å². The van der Waals surface area contributed by atoms with Gasteiger partial charge < -0.3 is 25.7 Å². The smallest absolute Gasteiger partial charge is 0.249 e. The van der Waals surface area contributed by atoms with Gasteiger partial charge in [0.15, 0.2) is 0 Å². The van der Waals surface area contributed by atoms with Crippen molar-refractivity contribution in [2.24, 2.45) is 0 Å². The van der Waals surface area contributed by atoms with Crippen molar-refractivity contribution in [2.75, 3.05) is 6.61 Å². The van der Waals surface area contributed by atoms with Crippen LogP contribution in [0.3, 0.4) is 0 Å². The number of nitrogens with one attached hydrogen (secondary N) is 1. The van der Waals surface area contributed by atoms with Gasteiger partial charge in [-0.3, -0.25) is 4.79 Å². The molecule has 0 saturated heterocycles. The quantitative estimate of drug-likeness (QED) is 0.0308. The first-order valence-corrected chi connectivity index (χ1v) is 31.1. The lowest BCUT2D eigenvalue weighted by atomic mass is 9.99. The number of aliphatic hydroxyl groups excluding tert-OH is 4. The maximum atomic E-state index is 12.6. The second kappa shape index (κ2) is 57.0. The fraction of sp³-hybridized carbons (Fsp3) is 0.952. The zero-order valence-corrected chi connectivity index (χ0v) is 46.1. The van der Waals surface area contributed by atoms with Crippen LogP contribution >= 0.6 is 0 Å². The van der Waals surface area contributed by atoms with Gasteiger partial charge in [-0.25, -0.2) is 0 Å². The van der Waals surface area contributed by atoms with Crippen molar-refractivity contribution in [2.45, 2.75) is 372 Å². The molecule has 0 rings (SSSR count). The Hall–Kier alpha value is -0.950. The minimum absolute atomic E-state index is 0.372. The third-order valence-corrected chi connectivity index (χ3v) is 15.0. The molecule has 0 aliphatic heterocycles. The van der Waals surface area contributed by atoms with Crippen LogP contribution in [-0.4, -0.2) is 57.3 Å². The van der Waals surface area contributed by atoms with E-state index in [9.17, 15) is 25.2 Å². The van der Waals surface area contributed by atoms with Gasteiger partial charge in [-0.2, -0.15) is 0 Å². The summed E-state index contributed by atoms with van der Waals surface area (Å²) < 4.78 is 0. The van der Waals surface area contributed by atoms with Crippen molar-refractivity contribution < 1.29 is 25.2 Å². The minimum atomic E-state index is -1.26. The molecule has 0 aromatic carbocycles. The molecular weight excluding hydrogens is 839 g/mol. The van der Waals surface area contributed by atoms with Crippen LogP contribution in [0.5, 0.6) is 0 Å². The van der Waals surface area contributed by atoms with Crippen LogP contribution in [0.4, 0.5) is 0 Å². The van der Waals surface area contributed by atoms with Crippen molar-refractivity contribution in [3.8, 4) is 0 Å². The highest BCUT2D eigenvalue weighted by atomic mass is 16.3. The predicted octanol–water partition coefficient (Wildman–Crippen LogP) is 18.4. The van der Waals surface area contributed by atoms with Gasteiger partial charge >= 0.3 is 0 Å². The third kappa shape index (κ3) is 50.0. The third-order valence-electron chi connectivity index (χ3n) is 15.0. The van der Waals surface area contributed by atoms with Gasteiger partial charge in [-0.1, -0.05) is 321 Å². The van der Waals surface area contributed by atoms with Gasteiger partial charge in [-0.05, 0) is 38.5 Å². The molecule has 4 atom stereocenters. The summed E-state index contributed by atoms with van der Waals surface area (Å²) >= 11 is 0. The molecule has 1 amide bonds. The van der Waals surface area contributed by atoms with Crippen molar-refractivity contribution in [3.63, 3.8) is 0 Å². The molecule has 0 aromatic heterocycles. The molecule has 0 radical (unpaired) electrons. The monoisotopic (exact) mass is 962 g/mol. The van der Waals surface area contributed by atoms with Crippen LogP contribution < -0.4 is 5.32 Å². The van der Waals surface area contributed by atoms with Crippen LogP contribution in [0.25, 0.3) is 0 Å². The van der Waals surface area contributed by atoms with Gasteiger partial charge in [0.1, 0.15) is 12.2 Å². The second-order valence-electron chi connectivity index (χ2n) is 21.8. The summed E-state index contributed by atoms with van der Waals surface area (Å²) in [5.74, 6) is -0.578. The van der Waals surface area contributed by atoms with Crippen molar-refractivity contribution in [1.82, 2.24) is 5.32 Å². The van der Waals surface area contributed by atoms with Gasteiger partial charge in [-0.15, -0.1) is 0 Å². The van der Waals surface area contributed by atoms with E-state index in [1.807, 2.05) is 0 Å². The Morgan fingerprint density at radius 3 is 0.853 bits per heavy atom. The van der Waals surface area contributed by atoms with Gasteiger partial charge in [0.25, 0.3) is 0 Å². The standard InChI is InChI=1S/C62H123NO5/c1-3-5-7-9-11-13-15-17-19-21-23-25-27-29-30-32-34-36-38-40-42-44-46-48-50-52-54-56-60(66)62(68)63-58(57-64)61(67)59(65)55-53-51-49-47-45-43-41-39-37-35-33-31-28-26-24-22-20-18-16-14-12-10-8-6-4-2/h29-30,58-61,64-67H,3-28,31-57H2,1-2H3,(H,63,68)/b30-29-. The Morgan fingerprint density at radius 2 is 0.588 bits per heavy atom. The average Bonchev–Trinajstić information content (AvgIpc) is 3.34. The lowest BCUT2D eigenvalue weighted by molar-refractivity contribution is -0.132. The molecule has 5 N–H and O–H groups in total. The zero-order chi connectivity index (χ0) is 49.5. The first kappa shape index (κ1) is 67.0. The van der Waals surface area contributed by atoms with E-state index in [2.05, 4.69) is 31.3 Å². The predicted molar refractivity (Wildman–Crippen MR) is 298 cm³/mol. The van der Waals surface area contributed by atoms with Crippen molar-refractivity contribution in [3.05, 3.63) is 12.2 Å². The van der Waals surface area contributed by atoms with Crippen LogP contribution in [-0.2, 0) is 4.79 Å². The largest absolute Gasteiger partial charge is 0.394 e. The minimum Gasteiger partial charge on any atom is -0.394 e. The van der Waals surface area contributed by atoms with Crippen molar-refractivity contribution in [1.29, 1.82) is 0 Å².